The lowest BCUT2D eigenvalue weighted by atomic mass is 10.1. The number of aromatic nitrogens is 2. The molecule has 1 aliphatic heterocycles. The lowest BCUT2D eigenvalue weighted by molar-refractivity contribution is 0.109. The number of benzene rings is 1. The van der Waals surface area contributed by atoms with Crippen molar-refractivity contribution in [1.82, 2.24) is 14.7 Å². The van der Waals surface area contributed by atoms with Gasteiger partial charge in [0.25, 0.3) is 0 Å². The first kappa shape index (κ1) is 18.4. The van der Waals surface area contributed by atoms with Crippen molar-refractivity contribution in [3.63, 3.8) is 0 Å². The molecular weight excluding hydrogens is 326 g/mol. The van der Waals surface area contributed by atoms with Gasteiger partial charge in [-0.1, -0.05) is 25.1 Å². The van der Waals surface area contributed by atoms with E-state index in [1.165, 1.54) is 5.56 Å². The van der Waals surface area contributed by atoms with E-state index in [9.17, 15) is 0 Å². The van der Waals surface area contributed by atoms with Crippen molar-refractivity contribution in [2.45, 2.75) is 20.3 Å². The first-order chi connectivity index (χ1) is 12.8. The maximum absolute atomic E-state index is 5.82. The second-order valence-electron chi connectivity index (χ2n) is 6.26. The maximum Gasteiger partial charge on any atom is 0.140 e. The van der Waals surface area contributed by atoms with Crippen molar-refractivity contribution in [2.24, 2.45) is 0 Å². The van der Waals surface area contributed by atoms with Gasteiger partial charge in [0.05, 0.1) is 25.5 Å². The third kappa shape index (κ3) is 4.62. The summed E-state index contributed by atoms with van der Waals surface area (Å²) in [5, 5.41) is 3.16. The average Bonchev–Trinajstić information content (AvgIpc) is 3.14. The van der Waals surface area contributed by atoms with Gasteiger partial charge >= 0.3 is 0 Å². The molecule has 1 aromatic carbocycles. The number of nitrogens with zero attached hydrogens (tertiary/aromatic N) is 2. The van der Waals surface area contributed by atoms with Gasteiger partial charge in [0, 0.05) is 31.0 Å². The van der Waals surface area contributed by atoms with E-state index in [-0.39, 0.29) is 0 Å². The minimum Gasteiger partial charge on any atom is -0.493 e. The van der Waals surface area contributed by atoms with Crippen LogP contribution in [0.25, 0.3) is 16.9 Å². The average molecular weight is 353 g/mol. The number of ether oxygens (including phenoxy) is 2. The highest BCUT2D eigenvalue weighted by molar-refractivity contribution is 5.69. The predicted molar refractivity (Wildman–Crippen MR) is 105 cm³/mol. The number of morpholine rings is 1. The fraction of sp³-hybridized carbons (Fsp3) is 0.381. The van der Waals surface area contributed by atoms with Crippen molar-refractivity contribution < 1.29 is 9.47 Å². The zero-order valence-electron chi connectivity index (χ0n) is 15.6. The van der Waals surface area contributed by atoms with Crippen molar-refractivity contribution in [1.29, 1.82) is 0 Å². The van der Waals surface area contributed by atoms with Gasteiger partial charge in [0.2, 0.25) is 0 Å². The topological polar surface area (TPSA) is 47.8 Å². The highest BCUT2D eigenvalue weighted by Crippen LogP contribution is 2.29. The van der Waals surface area contributed by atoms with E-state index in [2.05, 4.69) is 41.9 Å². The highest BCUT2D eigenvalue weighted by Gasteiger charge is 2.10. The Morgan fingerprint density at radius 3 is 2.62 bits per heavy atom. The third-order valence-electron chi connectivity index (χ3n) is 4.15. The van der Waals surface area contributed by atoms with Crippen molar-refractivity contribution in [3.05, 3.63) is 54.4 Å². The van der Waals surface area contributed by atoms with Crippen LogP contribution in [0.15, 0.2) is 48.8 Å². The Hall–Kier alpha value is -2.37. The minimum absolute atomic E-state index is 0.726. The van der Waals surface area contributed by atoms with Gasteiger partial charge in [0.1, 0.15) is 11.4 Å². The van der Waals surface area contributed by atoms with Crippen LogP contribution in [-0.4, -0.2) is 42.3 Å². The molecule has 5 nitrogen and oxygen atoms in total. The molecule has 4 rings (SSSR count). The second-order valence-corrected chi connectivity index (χ2v) is 6.26. The van der Waals surface area contributed by atoms with E-state index in [4.69, 9.17) is 14.5 Å². The third-order valence-corrected chi connectivity index (χ3v) is 4.15. The summed E-state index contributed by atoms with van der Waals surface area (Å²) in [6.07, 6.45) is 5.07. The summed E-state index contributed by atoms with van der Waals surface area (Å²) < 4.78 is 12.9. The van der Waals surface area contributed by atoms with E-state index in [1.54, 1.807) is 0 Å². The minimum atomic E-state index is 0.726. The lowest BCUT2D eigenvalue weighted by Crippen LogP contribution is -2.30. The molecule has 1 saturated heterocycles. The number of hydrogen-bond donors (Lipinski definition) is 1. The summed E-state index contributed by atoms with van der Waals surface area (Å²) in [7, 11) is 0. The Kier molecular flexibility index (Phi) is 6.63. The molecule has 0 atom stereocenters. The molecule has 3 heterocycles. The van der Waals surface area contributed by atoms with Crippen LogP contribution in [0, 0.1) is 6.92 Å². The standard InChI is InChI=1S/C17H18N2O.C4H9NO/c1-3-11-20-16-9-5-4-8-14(16)15-12-19-10-6-7-13(2)17(19)18-15;1-3-6-4-2-5-1/h4-10,12H,3,11H2,1-2H3;5H,1-4H2. The normalized spacial score (nSPS) is 13.9. The van der Waals surface area contributed by atoms with Crippen LogP contribution >= 0.6 is 0 Å². The van der Waals surface area contributed by atoms with Crippen molar-refractivity contribution >= 4 is 5.65 Å². The molecule has 138 valence electrons. The molecule has 1 fully saturated rings. The molecule has 0 unspecified atom stereocenters. The molecular formula is C21H27N3O2. The van der Waals surface area contributed by atoms with Crippen molar-refractivity contribution in [2.75, 3.05) is 32.9 Å². The SMILES string of the molecule is C1COCCN1.CCCOc1ccccc1-c1cn2cccc(C)c2n1. The molecule has 0 spiro atoms. The Balaban J connectivity index is 0.000000278. The fourth-order valence-electron chi connectivity index (χ4n) is 2.82. The number of hydrogen-bond acceptors (Lipinski definition) is 4. The van der Waals surface area contributed by atoms with Crippen LogP contribution in [0.3, 0.4) is 0 Å². The van der Waals surface area contributed by atoms with E-state index in [1.807, 2.05) is 30.5 Å². The summed E-state index contributed by atoms with van der Waals surface area (Å²) >= 11 is 0. The van der Waals surface area contributed by atoms with Crippen LogP contribution in [0.4, 0.5) is 0 Å². The number of nitrogens with one attached hydrogen (secondary N) is 1. The molecule has 1 N–H and O–H groups in total. The largest absolute Gasteiger partial charge is 0.493 e. The molecule has 0 saturated carbocycles. The smallest absolute Gasteiger partial charge is 0.140 e. The fourth-order valence-corrected chi connectivity index (χ4v) is 2.82. The number of fused-ring (bicyclic) bond motifs is 1. The summed E-state index contributed by atoms with van der Waals surface area (Å²) in [6.45, 7) is 8.74. The number of imidazole rings is 1. The summed E-state index contributed by atoms with van der Waals surface area (Å²) in [6, 6.07) is 12.2. The van der Waals surface area contributed by atoms with Crippen LogP contribution < -0.4 is 10.1 Å². The number of aryl methyl sites for hydroxylation is 1. The Morgan fingerprint density at radius 2 is 1.96 bits per heavy atom. The van der Waals surface area contributed by atoms with Gasteiger partial charge in [-0.15, -0.1) is 0 Å². The molecule has 2 aromatic heterocycles. The summed E-state index contributed by atoms with van der Waals surface area (Å²) in [5.41, 5.74) is 4.16. The highest BCUT2D eigenvalue weighted by atomic mass is 16.5. The Morgan fingerprint density at radius 1 is 1.15 bits per heavy atom. The molecule has 1 aliphatic rings. The van der Waals surface area contributed by atoms with Crippen molar-refractivity contribution in [3.8, 4) is 17.0 Å². The molecule has 5 heteroatoms. The van der Waals surface area contributed by atoms with Gasteiger partial charge < -0.3 is 19.2 Å². The van der Waals surface area contributed by atoms with E-state index >= 15 is 0 Å². The first-order valence-corrected chi connectivity index (χ1v) is 9.24. The van der Waals surface area contributed by atoms with Gasteiger partial charge in [-0.3, -0.25) is 0 Å². The van der Waals surface area contributed by atoms with Gasteiger partial charge in [-0.25, -0.2) is 4.98 Å². The molecule has 0 amide bonds. The second kappa shape index (κ2) is 9.36. The summed E-state index contributed by atoms with van der Waals surface area (Å²) in [4.78, 5) is 4.73. The van der Waals surface area contributed by atoms with E-state index < -0.39 is 0 Å². The molecule has 0 bridgehead atoms. The lowest BCUT2D eigenvalue weighted by Gasteiger charge is -2.10. The Labute approximate surface area is 155 Å². The van der Waals surface area contributed by atoms with E-state index in [0.717, 1.165) is 62.0 Å². The monoisotopic (exact) mass is 353 g/mol. The van der Waals surface area contributed by atoms with E-state index in [0.29, 0.717) is 0 Å². The van der Waals surface area contributed by atoms with Crippen LogP contribution in [0.1, 0.15) is 18.9 Å². The zero-order chi connectivity index (χ0) is 18.2. The van der Waals surface area contributed by atoms with Gasteiger partial charge in [-0.05, 0) is 37.1 Å². The van der Waals surface area contributed by atoms with Gasteiger partial charge in [-0.2, -0.15) is 0 Å². The first-order valence-electron chi connectivity index (χ1n) is 9.24. The molecule has 0 radical (unpaired) electrons. The molecule has 26 heavy (non-hydrogen) atoms. The quantitative estimate of drug-likeness (QED) is 0.777. The summed E-state index contributed by atoms with van der Waals surface area (Å²) in [5.74, 6) is 0.899. The van der Waals surface area contributed by atoms with Crippen LogP contribution in [0.5, 0.6) is 5.75 Å². The molecule has 3 aromatic rings. The maximum atomic E-state index is 5.82. The number of rotatable bonds is 4. The zero-order valence-corrected chi connectivity index (χ0v) is 15.6. The number of para-hydroxylation sites is 1. The molecule has 0 aliphatic carbocycles. The van der Waals surface area contributed by atoms with Crippen LogP contribution in [-0.2, 0) is 4.74 Å². The predicted octanol–water partition coefficient (Wildman–Crippen LogP) is 3.70. The van der Waals surface area contributed by atoms with Gasteiger partial charge in [0.15, 0.2) is 0 Å². The van der Waals surface area contributed by atoms with Crippen LogP contribution in [0.2, 0.25) is 0 Å². The number of pyridine rings is 1. The Bertz CT molecular complexity index is 813.